The SMILES string of the molecule is Cc1oc2ncnc(NC3(C)CC3)c2c1C(=O)N(CCCO)Cc1ccc(F)cc1. The maximum atomic E-state index is 13.6. The van der Waals surface area contributed by atoms with Crippen molar-refractivity contribution in [3.05, 3.63) is 53.3 Å². The zero-order valence-electron chi connectivity index (χ0n) is 17.1. The third kappa shape index (κ3) is 4.14. The summed E-state index contributed by atoms with van der Waals surface area (Å²) < 4.78 is 19.1. The Labute approximate surface area is 173 Å². The molecule has 2 N–H and O–H groups in total. The minimum Gasteiger partial charge on any atom is -0.442 e. The van der Waals surface area contributed by atoms with Crippen LogP contribution in [0.1, 0.15) is 47.9 Å². The van der Waals surface area contributed by atoms with Crippen LogP contribution in [0, 0.1) is 12.7 Å². The highest BCUT2D eigenvalue weighted by Gasteiger charge is 2.38. The van der Waals surface area contributed by atoms with Crippen molar-refractivity contribution in [2.45, 2.75) is 45.2 Å². The van der Waals surface area contributed by atoms with Crippen molar-refractivity contribution in [1.29, 1.82) is 0 Å². The van der Waals surface area contributed by atoms with Crippen LogP contribution in [0.2, 0.25) is 0 Å². The van der Waals surface area contributed by atoms with E-state index in [1.807, 2.05) is 0 Å². The number of carbonyl (C=O) groups excluding carboxylic acids is 1. The average molecular weight is 412 g/mol. The normalized spacial score (nSPS) is 14.7. The van der Waals surface area contributed by atoms with Gasteiger partial charge in [0.25, 0.3) is 5.91 Å². The molecule has 1 saturated carbocycles. The molecule has 7 nitrogen and oxygen atoms in total. The van der Waals surface area contributed by atoms with Gasteiger partial charge in [0, 0.05) is 25.2 Å². The number of amides is 1. The highest BCUT2D eigenvalue weighted by molar-refractivity contribution is 6.10. The van der Waals surface area contributed by atoms with Gasteiger partial charge in [0.05, 0.1) is 10.9 Å². The summed E-state index contributed by atoms with van der Waals surface area (Å²) in [5.74, 6) is 0.490. The number of aryl methyl sites for hydroxylation is 1. The first-order valence-electron chi connectivity index (χ1n) is 10.1. The van der Waals surface area contributed by atoms with Crippen LogP contribution in [0.5, 0.6) is 0 Å². The standard InChI is InChI=1S/C22H25FN4O3/c1-14-17(18-19(26-22(2)8-9-22)24-13-25-20(18)30-14)21(29)27(10-3-11-28)12-15-4-6-16(23)7-5-15/h4-7,13,28H,3,8-12H2,1-2H3,(H,24,25,26). The Morgan fingerprint density at radius 1 is 1.30 bits per heavy atom. The molecule has 0 radical (unpaired) electrons. The maximum Gasteiger partial charge on any atom is 0.258 e. The van der Waals surface area contributed by atoms with E-state index in [2.05, 4.69) is 22.2 Å². The summed E-state index contributed by atoms with van der Waals surface area (Å²) >= 11 is 0. The first kappa shape index (κ1) is 20.3. The number of hydrogen-bond acceptors (Lipinski definition) is 6. The molecular formula is C22H25FN4O3. The van der Waals surface area contributed by atoms with Crippen LogP contribution in [0.25, 0.3) is 11.1 Å². The second-order valence-electron chi connectivity index (χ2n) is 8.05. The number of benzene rings is 1. The first-order chi connectivity index (χ1) is 14.4. The molecule has 0 aliphatic heterocycles. The Morgan fingerprint density at radius 2 is 2.03 bits per heavy atom. The van der Waals surface area contributed by atoms with Crippen molar-refractivity contribution in [2.24, 2.45) is 0 Å². The van der Waals surface area contributed by atoms with Crippen molar-refractivity contribution >= 4 is 22.8 Å². The summed E-state index contributed by atoms with van der Waals surface area (Å²) in [6.45, 7) is 4.45. The van der Waals surface area contributed by atoms with Gasteiger partial charge in [0.1, 0.15) is 23.7 Å². The van der Waals surface area contributed by atoms with E-state index in [4.69, 9.17) is 4.42 Å². The summed E-state index contributed by atoms with van der Waals surface area (Å²) in [7, 11) is 0. The number of aromatic nitrogens is 2. The highest BCUT2D eigenvalue weighted by Crippen LogP contribution is 2.40. The third-order valence-corrected chi connectivity index (χ3v) is 5.46. The quantitative estimate of drug-likeness (QED) is 0.587. The molecule has 8 heteroatoms. The predicted molar refractivity (Wildman–Crippen MR) is 111 cm³/mol. The molecule has 1 aromatic carbocycles. The molecule has 1 fully saturated rings. The second kappa shape index (κ2) is 8.02. The van der Waals surface area contributed by atoms with Gasteiger partial charge in [-0.15, -0.1) is 0 Å². The van der Waals surface area contributed by atoms with Gasteiger partial charge >= 0.3 is 0 Å². The van der Waals surface area contributed by atoms with Gasteiger partial charge in [0.15, 0.2) is 0 Å². The van der Waals surface area contributed by atoms with Crippen molar-refractivity contribution in [3.63, 3.8) is 0 Å². The summed E-state index contributed by atoms with van der Waals surface area (Å²) in [5, 5.41) is 13.3. The Balaban J connectivity index is 1.71. The van der Waals surface area contributed by atoms with E-state index in [0.717, 1.165) is 18.4 Å². The molecule has 0 unspecified atom stereocenters. The molecule has 1 aliphatic rings. The Morgan fingerprint density at radius 3 is 2.70 bits per heavy atom. The smallest absolute Gasteiger partial charge is 0.258 e. The summed E-state index contributed by atoms with van der Waals surface area (Å²) in [5.41, 5.74) is 1.55. The second-order valence-corrected chi connectivity index (χ2v) is 8.05. The number of nitrogens with one attached hydrogen (secondary N) is 1. The monoisotopic (exact) mass is 412 g/mol. The number of anilines is 1. The molecule has 1 aliphatic carbocycles. The van der Waals surface area contributed by atoms with E-state index < -0.39 is 0 Å². The zero-order valence-corrected chi connectivity index (χ0v) is 17.1. The Hall–Kier alpha value is -3.00. The van der Waals surface area contributed by atoms with E-state index in [9.17, 15) is 14.3 Å². The van der Waals surface area contributed by atoms with Gasteiger partial charge < -0.3 is 19.7 Å². The molecule has 0 saturated heterocycles. The fourth-order valence-corrected chi connectivity index (χ4v) is 3.48. The molecule has 0 atom stereocenters. The van der Waals surface area contributed by atoms with E-state index in [1.54, 1.807) is 24.0 Å². The van der Waals surface area contributed by atoms with Crippen LogP contribution in [-0.4, -0.2) is 44.6 Å². The molecule has 0 spiro atoms. The van der Waals surface area contributed by atoms with Gasteiger partial charge in [-0.25, -0.2) is 14.4 Å². The van der Waals surface area contributed by atoms with Crippen LogP contribution in [0.4, 0.5) is 10.2 Å². The lowest BCUT2D eigenvalue weighted by molar-refractivity contribution is 0.0732. The van der Waals surface area contributed by atoms with E-state index in [-0.39, 0.29) is 23.9 Å². The van der Waals surface area contributed by atoms with Crippen LogP contribution in [-0.2, 0) is 6.54 Å². The van der Waals surface area contributed by atoms with E-state index in [0.29, 0.717) is 47.8 Å². The summed E-state index contributed by atoms with van der Waals surface area (Å²) in [4.78, 5) is 23.8. The molecule has 158 valence electrons. The molecule has 4 rings (SSSR count). The number of rotatable bonds is 8. The van der Waals surface area contributed by atoms with Crippen molar-refractivity contribution in [2.75, 3.05) is 18.5 Å². The fraction of sp³-hybridized carbons (Fsp3) is 0.409. The van der Waals surface area contributed by atoms with E-state index >= 15 is 0 Å². The first-order valence-corrected chi connectivity index (χ1v) is 10.1. The minimum absolute atomic E-state index is 0.0303. The molecule has 3 aromatic rings. The number of aliphatic hydroxyl groups is 1. The number of aliphatic hydroxyl groups excluding tert-OH is 1. The Bertz CT molecular complexity index is 1060. The lowest BCUT2D eigenvalue weighted by atomic mass is 10.1. The van der Waals surface area contributed by atoms with Gasteiger partial charge in [-0.1, -0.05) is 12.1 Å². The van der Waals surface area contributed by atoms with Crippen LogP contribution < -0.4 is 5.32 Å². The van der Waals surface area contributed by atoms with Crippen LogP contribution in [0.15, 0.2) is 35.0 Å². The van der Waals surface area contributed by atoms with Gasteiger partial charge in [-0.3, -0.25) is 4.79 Å². The van der Waals surface area contributed by atoms with Gasteiger partial charge in [-0.2, -0.15) is 0 Å². The predicted octanol–water partition coefficient (Wildman–Crippen LogP) is 3.66. The summed E-state index contributed by atoms with van der Waals surface area (Å²) in [6, 6.07) is 6.04. The summed E-state index contributed by atoms with van der Waals surface area (Å²) in [6.07, 6.45) is 3.93. The van der Waals surface area contributed by atoms with Crippen LogP contribution >= 0.6 is 0 Å². The van der Waals surface area contributed by atoms with Gasteiger partial charge in [-0.05, 0) is 50.8 Å². The van der Waals surface area contributed by atoms with Gasteiger partial charge in [0.2, 0.25) is 5.71 Å². The highest BCUT2D eigenvalue weighted by atomic mass is 19.1. The molecule has 30 heavy (non-hydrogen) atoms. The van der Waals surface area contributed by atoms with Crippen molar-refractivity contribution < 1.29 is 18.7 Å². The number of carbonyl (C=O) groups is 1. The molecule has 0 bridgehead atoms. The number of fused-ring (bicyclic) bond motifs is 1. The zero-order chi connectivity index (χ0) is 21.3. The third-order valence-electron chi connectivity index (χ3n) is 5.46. The number of hydrogen-bond donors (Lipinski definition) is 2. The van der Waals surface area contributed by atoms with Crippen molar-refractivity contribution in [1.82, 2.24) is 14.9 Å². The fourth-order valence-electron chi connectivity index (χ4n) is 3.48. The van der Waals surface area contributed by atoms with E-state index in [1.165, 1.54) is 18.5 Å². The largest absolute Gasteiger partial charge is 0.442 e. The maximum absolute atomic E-state index is 13.6. The molecule has 2 heterocycles. The topological polar surface area (TPSA) is 91.5 Å². The number of furan rings is 1. The molecular weight excluding hydrogens is 387 g/mol. The molecule has 1 amide bonds. The molecule has 2 aromatic heterocycles. The number of halogens is 1. The number of nitrogens with zero attached hydrogens (tertiary/aromatic N) is 3. The lowest BCUT2D eigenvalue weighted by Crippen LogP contribution is -2.32. The lowest BCUT2D eigenvalue weighted by Gasteiger charge is -2.23. The Kier molecular flexibility index (Phi) is 5.42. The minimum atomic E-state index is -0.329. The van der Waals surface area contributed by atoms with Crippen molar-refractivity contribution in [3.8, 4) is 0 Å². The average Bonchev–Trinajstić information content (AvgIpc) is 3.34. The van der Waals surface area contributed by atoms with Crippen LogP contribution in [0.3, 0.4) is 0 Å².